The minimum Gasteiger partial charge on any atom is -0.454 e. The average Bonchev–Trinajstić information content (AvgIpc) is 3.55. The van der Waals surface area contributed by atoms with Gasteiger partial charge in [0.2, 0.25) is 18.6 Å². The van der Waals surface area contributed by atoms with Crippen molar-refractivity contribution in [3.05, 3.63) is 83.9 Å². The van der Waals surface area contributed by atoms with Crippen molar-refractivity contribution in [3.8, 4) is 11.5 Å². The number of para-hydroxylation sites is 1. The second-order valence-corrected chi connectivity index (χ2v) is 9.73. The summed E-state index contributed by atoms with van der Waals surface area (Å²) in [7, 11) is 0. The van der Waals surface area contributed by atoms with Crippen LogP contribution in [0.2, 0.25) is 0 Å². The van der Waals surface area contributed by atoms with E-state index in [1.807, 2.05) is 72.8 Å². The smallest absolute Gasteiger partial charge is 0.247 e. The normalized spacial score (nSPS) is 13.0. The van der Waals surface area contributed by atoms with Crippen molar-refractivity contribution in [2.75, 3.05) is 13.3 Å². The molecule has 9 heteroatoms. The molecule has 0 saturated heterocycles. The summed E-state index contributed by atoms with van der Waals surface area (Å²) in [4.78, 5) is 29.3. The number of rotatable bonds is 10. The van der Waals surface area contributed by atoms with Gasteiger partial charge in [0.25, 0.3) is 0 Å². The number of nitrogens with one attached hydrogen (secondary N) is 1. The maximum atomic E-state index is 14.0. The molecule has 3 aromatic carbocycles. The number of nitrogens with zero attached hydrogens (tertiary/aromatic N) is 4. The summed E-state index contributed by atoms with van der Waals surface area (Å²) in [6.07, 6.45) is 0.842. The van der Waals surface area contributed by atoms with Crippen LogP contribution in [0.25, 0.3) is 11.0 Å². The van der Waals surface area contributed by atoms with E-state index in [1.54, 1.807) is 9.58 Å². The van der Waals surface area contributed by atoms with E-state index >= 15 is 0 Å². The average molecular weight is 514 g/mol. The lowest BCUT2D eigenvalue weighted by atomic mass is 10.0. The Morgan fingerprint density at radius 1 is 1.00 bits per heavy atom. The Balaban J connectivity index is 1.50. The molecule has 1 aliphatic rings. The van der Waals surface area contributed by atoms with Crippen LogP contribution in [-0.2, 0) is 22.7 Å². The highest BCUT2D eigenvalue weighted by atomic mass is 16.7. The van der Waals surface area contributed by atoms with Crippen LogP contribution in [0.3, 0.4) is 0 Å². The molecule has 5 rings (SSSR count). The monoisotopic (exact) mass is 513 g/mol. The third kappa shape index (κ3) is 5.61. The summed E-state index contributed by atoms with van der Waals surface area (Å²) in [5, 5.41) is 11.4. The lowest BCUT2D eigenvalue weighted by molar-refractivity contribution is -0.142. The second-order valence-electron chi connectivity index (χ2n) is 9.73. The first-order valence-corrected chi connectivity index (χ1v) is 12.8. The molecule has 38 heavy (non-hydrogen) atoms. The van der Waals surface area contributed by atoms with Gasteiger partial charge in [-0.05, 0) is 47.7 Å². The first-order valence-electron chi connectivity index (χ1n) is 12.8. The zero-order chi connectivity index (χ0) is 26.5. The molecule has 9 nitrogen and oxygen atoms in total. The van der Waals surface area contributed by atoms with Crippen LogP contribution in [0.4, 0.5) is 0 Å². The first kappa shape index (κ1) is 25.3. The number of aromatic nitrogens is 3. The zero-order valence-corrected chi connectivity index (χ0v) is 21.5. The number of hydrogen-bond donors (Lipinski definition) is 1. The number of ether oxygens (including phenoxy) is 2. The van der Waals surface area contributed by atoms with Crippen molar-refractivity contribution in [3.63, 3.8) is 0 Å². The fourth-order valence-corrected chi connectivity index (χ4v) is 4.50. The van der Waals surface area contributed by atoms with Gasteiger partial charge in [-0.3, -0.25) is 9.59 Å². The van der Waals surface area contributed by atoms with Gasteiger partial charge < -0.3 is 19.7 Å². The van der Waals surface area contributed by atoms with E-state index in [0.717, 1.165) is 23.1 Å². The molecule has 2 heterocycles. The molecule has 196 valence electrons. The van der Waals surface area contributed by atoms with Crippen LogP contribution in [0, 0.1) is 5.92 Å². The number of carbonyl (C=O) groups excluding carboxylic acids is 2. The standard InChI is InChI=1S/C29H31N5O4/c1-20(2)14-15-30-29(36)28(22-8-4-3-5-9-22)33(17-21-12-13-25-26(16-21)38-19-37-25)27(35)18-34-24-11-7-6-10-23(24)31-32-34/h3-13,16,20,28H,14-15,17-19H2,1-2H3,(H,30,36)/t28-/m0/s1. The zero-order valence-electron chi connectivity index (χ0n) is 21.5. The van der Waals surface area contributed by atoms with Crippen LogP contribution in [0.1, 0.15) is 37.4 Å². The van der Waals surface area contributed by atoms with Crippen LogP contribution >= 0.6 is 0 Å². The van der Waals surface area contributed by atoms with Crippen LogP contribution in [0.5, 0.6) is 11.5 Å². The Morgan fingerprint density at radius 3 is 2.58 bits per heavy atom. The Morgan fingerprint density at radius 2 is 1.76 bits per heavy atom. The summed E-state index contributed by atoms with van der Waals surface area (Å²) < 4.78 is 12.6. The third-order valence-electron chi connectivity index (χ3n) is 6.51. The molecule has 0 bridgehead atoms. The molecular formula is C29H31N5O4. The maximum absolute atomic E-state index is 14.0. The summed E-state index contributed by atoms with van der Waals surface area (Å²) in [6, 6.07) is 21.6. The minimum atomic E-state index is -0.837. The summed E-state index contributed by atoms with van der Waals surface area (Å²) in [5.41, 5.74) is 3.00. The molecule has 2 amide bonds. The van der Waals surface area contributed by atoms with Crippen molar-refractivity contribution < 1.29 is 19.1 Å². The van der Waals surface area contributed by atoms with Gasteiger partial charge in [-0.15, -0.1) is 5.10 Å². The van der Waals surface area contributed by atoms with E-state index in [1.165, 1.54) is 0 Å². The highest BCUT2D eigenvalue weighted by Crippen LogP contribution is 2.34. The molecule has 0 radical (unpaired) electrons. The molecular weight excluding hydrogens is 482 g/mol. The largest absolute Gasteiger partial charge is 0.454 e. The molecule has 1 aromatic heterocycles. The molecule has 1 N–H and O–H groups in total. The molecule has 0 unspecified atom stereocenters. The highest BCUT2D eigenvalue weighted by molar-refractivity contribution is 5.89. The summed E-state index contributed by atoms with van der Waals surface area (Å²) >= 11 is 0. The quantitative estimate of drug-likeness (QED) is 0.343. The van der Waals surface area contributed by atoms with E-state index in [2.05, 4.69) is 29.5 Å². The van der Waals surface area contributed by atoms with Gasteiger partial charge in [0, 0.05) is 13.1 Å². The Kier molecular flexibility index (Phi) is 7.53. The number of fused-ring (bicyclic) bond motifs is 2. The van der Waals surface area contributed by atoms with Gasteiger partial charge in [0.1, 0.15) is 18.1 Å². The van der Waals surface area contributed by atoms with Crippen LogP contribution in [-0.4, -0.2) is 45.0 Å². The van der Waals surface area contributed by atoms with E-state index in [0.29, 0.717) is 29.5 Å². The predicted molar refractivity (Wildman–Crippen MR) is 142 cm³/mol. The van der Waals surface area contributed by atoms with Crippen LogP contribution < -0.4 is 14.8 Å². The lowest BCUT2D eigenvalue weighted by Gasteiger charge is -2.32. The SMILES string of the molecule is CC(C)CCNC(=O)[C@H](c1ccccc1)N(Cc1ccc2c(c1)OCO2)C(=O)Cn1nnc2ccccc21. The summed E-state index contributed by atoms with van der Waals surface area (Å²) in [6.45, 7) is 5.04. The van der Waals surface area contributed by atoms with Gasteiger partial charge >= 0.3 is 0 Å². The molecule has 0 spiro atoms. The number of carbonyl (C=O) groups is 2. The van der Waals surface area contributed by atoms with Gasteiger partial charge in [-0.25, -0.2) is 4.68 Å². The first-order chi connectivity index (χ1) is 18.5. The number of amides is 2. The van der Waals surface area contributed by atoms with E-state index in [-0.39, 0.29) is 31.7 Å². The van der Waals surface area contributed by atoms with Crippen molar-refractivity contribution in [2.45, 2.75) is 39.4 Å². The van der Waals surface area contributed by atoms with E-state index in [4.69, 9.17) is 9.47 Å². The maximum Gasteiger partial charge on any atom is 0.247 e. The van der Waals surface area contributed by atoms with Gasteiger partial charge in [0.05, 0.1) is 5.52 Å². The second kappa shape index (κ2) is 11.3. The molecule has 1 atom stereocenters. The Bertz CT molecular complexity index is 1420. The predicted octanol–water partition coefficient (Wildman–Crippen LogP) is 4.09. The van der Waals surface area contributed by atoms with Gasteiger partial charge in [-0.2, -0.15) is 0 Å². The Labute approximate surface area is 221 Å². The lowest BCUT2D eigenvalue weighted by Crippen LogP contribution is -2.45. The number of benzene rings is 3. The molecule has 0 fully saturated rings. The van der Waals surface area contributed by atoms with Gasteiger partial charge in [-0.1, -0.05) is 67.6 Å². The number of hydrogen-bond acceptors (Lipinski definition) is 6. The highest BCUT2D eigenvalue weighted by Gasteiger charge is 2.32. The molecule has 0 aliphatic carbocycles. The Hall–Kier alpha value is -4.40. The molecule has 4 aromatic rings. The third-order valence-corrected chi connectivity index (χ3v) is 6.51. The molecule has 0 saturated carbocycles. The topological polar surface area (TPSA) is 98.6 Å². The van der Waals surface area contributed by atoms with E-state index < -0.39 is 6.04 Å². The molecule has 1 aliphatic heterocycles. The van der Waals surface area contributed by atoms with Gasteiger partial charge in [0.15, 0.2) is 11.5 Å². The fourth-order valence-electron chi connectivity index (χ4n) is 4.50. The van der Waals surface area contributed by atoms with Crippen molar-refractivity contribution in [2.24, 2.45) is 5.92 Å². The van der Waals surface area contributed by atoms with Crippen molar-refractivity contribution in [1.82, 2.24) is 25.2 Å². The van der Waals surface area contributed by atoms with Crippen molar-refractivity contribution in [1.29, 1.82) is 0 Å². The van der Waals surface area contributed by atoms with E-state index in [9.17, 15) is 9.59 Å². The van der Waals surface area contributed by atoms with Crippen LogP contribution in [0.15, 0.2) is 72.8 Å². The van der Waals surface area contributed by atoms with Crippen molar-refractivity contribution >= 4 is 22.8 Å². The minimum absolute atomic E-state index is 0.0618. The summed E-state index contributed by atoms with van der Waals surface area (Å²) in [5.74, 6) is 1.24. The fraction of sp³-hybridized carbons (Fsp3) is 0.310.